The third-order valence-corrected chi connectivity index (χ3v) is 0.498. The van der Waals surface area contributed by atoms with Gasteiger partial charge in [0.05, 0.1) is 6.42 Å². The van der Waals surface area contributed by atoms with Crippen LogP contribution in [0.2, 0.25) is 0 Å². The van der Waals surface area contributed by atoms with Crippen molar-refractivity contribution in [3.05, 3.63) is 0 Å². The first-order chi connectivity index (χ1) is 3.13. The molecule has 0 atom stereocenters. The monoisotopic (exact) mass is 358 g/mol. The average molecular weight is 357 g/mol. The molecule has 0 aromatic carbocycles. The summed E-state index contributed by atoms with van der Waals surface area (Å²) in [6.45, 7) is 2.81. The molecule has 0 rings (SSSR count). The normalized spacial score (nSPS) is 6.44. The second-order valence-electron chi connectivity index (χ2n) is 1.58. The largest absolute Gasteiger partial charge is 0 e. The van der Waals surface area contributed by atoms with Gasteiger partial charge in [-0.15, -0.1) is 0 Å². The molecule has 0 aliphatic carbocycles. The van der Waals surface area contributed by atoms with E-state index < -0.39 is 0 Å². The molecule has 0 aliphatic rings. The number of rotatable bonds is 2. The van der Waals surface area contributed by atoms with E-state index in [1.807, 2.05) is 0 Å². The minimum Gasteiger partial charge on any atom is 0 e. The molecule has 2 nitrogen and oxygen atoms in total. The van der Waals surface area contributed by atoms with Gasteiger partial charge in [-0.2, -0.15) is 0 Å². The number of carbonyl (C=O) groups excluding carboxylic acids is 2. The molecule has 0 saturated heterocycles. The molecule has 0 N–H and O–H groups in total. The summed E-state index contributed by atoms with van der Waals surface area (Å²) < 4.78 is 0. The van der Waals surface area contributed by atoms with E-state index in [9.17, 15) is 9.59 Å². The molecule has 0 aliphatic heterocycles. The molecule has 4 heteroatoms. The van der Waals surface area contributed by atoms with Crippen LogP contribution in [0.25, 0.3) is 0 Å². The van der Waals surface area contributed by atoms with Gasteiger partial charge in [-0.25, -0.2) is 0 Å². The summed E-state index contributed by atoms with van der Waals surface area (Å²) >= 11 is 0. The molecular weight excluding hydrogens is 347 g/mol. The Morgan fingerprint density at radius 1 is 1.11 bits per heavy atom. The zero-order chi connectivity index (χ0) is 5.86. The molecule has 0 amide bonds. The maximum Gasteiger partial charge on any atom is 0 e. The standard InChI is InChI=1S/C5H8O2.Pb.Ti.2H/c1-4(6)3-5(2)7;;;;/h3H2,1-2H3;;;;. The van der Waals surface area contributed by atoms with Gasteiger partial charge >= 0.3 is 27.3 Å². The zero-order valence-electron chi connectivity index (χ0n) is 5.73. The van der Waals surface area contributed by atoms with E-state index in [1.54, 1.807) is 0 Å². The van der Waals surface area contributed by atoms with E-state index in [0.29, 0.717) is 0 Å². The van der Waals surface area contributed by atoms with Gasteiger partial charge in [0.15, 0.2) is 0 Å². The molecular formula is C5H10O2PbTi. The summed E-state index contributed by atoms with van der Waals surface area (Å²) in [6, 6.07) is 0. The third-order valence-electron chi connectivity index (χ3n) is 0.498. The van der Waals surface area contributed by atoms with E-state index in [0.717, 1.165) is 0 Å². The molecule has 2 radical (unpaired) electrons. The fourth-order valence-corrected chi connectivity index (χ4v) is 0.351. The number of hydrogen-bond donors (Lipinski definition) is 0. The van der Waals surface area contributed by atoms with Crippen molar-refractivity contribution in [2.24, 2.45) is 0 Å². The molecule has 0 saturated carbocycles. The first-order valence-electron chi connectivity index (χ1n) is 2.12. The van der Waals surface area contributed by atoms with Crippen molar-refractivity contribution in [1.29, 1.82) is 0 Å². The summed E-state index contributed by atoms with van der Waals surface area (Å²) in [5.41, 5.74) is 0. The maximum atomic E-state index is 10.0. The van der Waals surface area contributed by atoms with E-state index in [-0.39, 0.29) is 67.0 Å². The Morgan fingerprint density at radius 3 is 1.33 bits per heavy atom. The van der Waals surface area contributed by atoms with Crippen LogP contribution in [0.4, 0.5) is 0 Å². The average Bonchev–Trinajstić information content (AvgIpc) is 1.27. The van der Waals surface area contributed by atoms with Gasteiger partial charge in [0, 0.05) is 21.7 Å². The van der Waals surface area contributed by atoms with E-state index in [4.69, 9.17) is 0 Å². The quantitative estimate of drug-likeness (QED) is 0.500. The Morgan fingerprint density at radius 2 is 1.33 bits per heavy atom. The molecule has 0 aromatic heterocycles. The van der Waals surface area contributed by atoms with Gasteiger partial charge in [-0.05, 0) is 13.8 Å². The van der Waals surface area contributed by atoms with Crippen molar-refractivity contribution in [3.63, 3.8) is 0 Å². The molecule has 0 heterocycles. The number of carbonyl (C=O) groups is 2. The summed E-state index contributed by atoms with van der Waals surface area (Å²) in [5, 5.41) is 0. The van der Waals surface area contributed by atoms with Crippen LogP contribution in [0, 0.1) is 0 Å². The first-order valence-corrected chi connectivity index (χ1v) is 2.12. The van der Waals surface area contributed by atoms with Crippen LogP contribution >= 0.6 is 0 Å². The van der Waals surface area contributed by atoms with Gasteiger partial charge < -0.3 is 0 Å². The predicted molar refractivity (Wildman–Crippen MR) is 34.5 cm³/mol. The number of Topliss-reactive ketones (excluding diaryl/α,β-unsaturated/α-hetero) is 2. The van der Waals surface area contributed by atoms with Crippen molar-refractivity contribution in [3.8, 4) is 0 Å². The van der Waals surface area contributed by atoms with Gasteiger partial charge in [0.1, 0.15) is 11.6 Å². The second kappa shape index (κ2) is 8.98. The predicted octanol–water partition coefficient (Wildman–Crippen LogP) is -0.364. The Hall–Kier alpha value is 0.976. The van der Waals surface area contributed by atoms with Crippen LogP contribution in [-0.2, 0) is 31.3 Å². The van der Waals surface area contributed by atoms with Crippen molar-refractivity contribution >= 4 is 38.9 Å². The zero-order valence-corrected chi connectivity index (χ0v) is 12.8. The smallest absolute Gasteiger partial charge is 0 e. The third kappa shape index (κ3) is 17.6. The first kappa shape index (κ1) is 16.5. The van der Waals surface area contributed by atoms with Crippen LogP contribution in [0.1, 0.15) is 20.3 Å². The Bertz CT molecular complexity index is 91.1. The SMILES string of the molecule is CC(=O)CC(C)=O.[PbH2].[Ti]. The van der Waals surface area contributed by atoms with Crippen LogP contribution < -0.4 is 0 Å². The fraction of sp³-hybridized carbons (Fsp3) is 0.600. The van der Waals surface area contributed by atoms with Crippen molar-refractivity contribution < 1.29 is 31.3 Å². The number of hydrogen-bond acceptors (Lipinski definition) is 2. The van der Waals surface area contributed by atoms with E-state index in [1.165, 1.54) is 13.8 Å². The summed E-state index contributed by atoms with van der Waals surface area (Å²) in [6.07, 6.45) is 0.0833. The minimum atomic E-state index is -0.0625. The van der Waals surface area contributed by atoms with Crippen molar-refractivity contribution in [1.82, 2.24) is 0 Å². The van der Waals surface area contributed by atoms with Crippen molar-refractivity contribution in [2.75, 3.05) is 0 Å². The van der Waals surface area contributed by atoms with Crippen molar-refractivity contribution in [2.45, 2.75) is 20.3 Å². The number of ketones is 2. The summed E-state index contributed by atoms with van der Waals surface area (Å²) in [4.78, 5) is 20.1. The topological polar surface area (TPSA) is 34.1 Å². The molecule has 9 heavy (non-hydrogen) atoms. The van der Waals surface area contributed by atoms with Crippen LogP contribution in [0.5, 0.6) is 0 Å². The van der Waals surface area contributed by atoms with Crippen LogP contribution in [0.15, 0.2) is 0 Å². The van der Waals surface area contributed by atoms with E-state index >= 15 is 0 Å². The summed E-state index contributed by atoms with van der Waals surface area (Å²) in [7, 11) is 0. The molecule has 0 fully saturated rings. The van der Waals surface area contributed by atoms with Crippen LogP contribution in [-0.4, -0.2) is 38.9 Å². The van der Waals surface area contributed by atoms with E-state index in [2.05, 4.69) is 0 Å². The fourth-order valence-electron chi connectivity index (χ4n) is 0.351. The second-order valence-corrected chi connectivity index (χ2v) is 1.58. The molecule has 0 unspecified atom stereocenters. The van der Waals surface area contributed by atoms with Crippen LogP contribution in [0.3, 0.4) is 0 Å². The molecule has 50 valence electrons. The van der Waals surface area contributed by atoms with Gasteiger partial charge in [0.2, 0.25) is 0 Å². The Balaban J connectivity index is -0.000000180. The summed E-state index contributed by atoms with van der Waals surface area (Å²) in [5.74, 6) is -0.125. The minimum absolute atomic E-state index is 0. The van der Waals surface area contributed by atoms with Gasteiger partial charge in [0.25, 0.3) is 0 Å². The van der Waals surface area contributed by atoms with Gasteiger partial charge in [-0.3, -0.25) is 9.59 Å². The molecule has 0 aromatic rings. The Kier molecular flexibility index (Phi) is 16.5. The maximum absolute atomic E-state index is 10.0. The molecule has 0 spiro atoms. The van der Waals surface area contributed by atoms with Gasteiger partial charge in [-0.1, -0.05) is 0 Å². The molecule has 0 bridgehead atoms. The Labute approximate surface area is 89.8 Å².